The van der Waals surface area contributed by atoms with Gasteiger partial charge in [-0.3, -0.25) is 4.79 Å². The van der Waals surface area contributed by atoms with E-state index in [9.17, 15) is 4.79 Å². The molecule has 0 N–H and O–H groups in total. The topological polar surface area (TPSA) is 47.8 Å². The van der Waals surface area contributed by atoms with Gasteiger partial charge in [0.05, 0.1) is 0 Å². The number of nitrogens with zero attached hydrogens (tertiary/aromatic N) is 3. The molecule has 0 spiro atoms. The van der Waals surface area contributed by atoms with Gasteiger partial charge in [0.2, 0.25) is 0 Å². The minimum absolute atomic E-state index is 0.323. The second-order valence-electron chi connectivity index (χ2n) is 2.52. The van der Waals surface area contributed by atoms with E-state index in [0.29, 0.717) is 11.0 Å². The Hall–Kier alpha value is -1.97. The van der Waals surface area contributed by atoms with Crippen molar-refractivity contribution in [2.75, 3.05) is 0 Å². The molecule has 0 aliphatic heterocycles. The zero-order chi connectivity index (χ0) is 9.26. The molecule has 0 radical (unpaired) electrons. The number of fused-ring (bicyclic) bond motifs is 1. The lowest BCUT2D eigenvalue weighted by Crippen LogP contribution is -2.10. The SMILES string of the molecule is C=CC(=O)n1nc2ccccc2n1. The lowest BCUT2D eigenvalue weighted by atomic mass is 10.3. The lowest BCUT2D eigenvalue weighted by molar-refractivity contribution is 0.0938. The summed E-state index contributed by atoms with van der Waals surface area (Å²) in [6.45, 7) is 3.36. The van der Waals surface area contributed by atoms with Crippen LogP contribution < -0.4 is 0 Å². The summed E-state index contributed by atoms with van der Waals surface area (Å²) in [5.41, 5.74) is 1.41. The average molecular weight is 173 g/mol. The van der Waals surface area contributed by atoms with E-state index in [1.807, 2.05) is 12.1 Å². The number of carbonyl (C=O) groups is 1. The molecule has 0 bridgehead atoms. The van der Waals surface area contributed by atoms with Crippen LogP contribution in [0.1, 0.15) is 4.79 Å². The van der Waals surface area contributed by atoms with Crippen molar-refractivity contribution in [3.05, 3.63) is 36.9 Å². The fourth-order valence-corrected chi connectivity index (χ4v) is 1.04. The molecule has 1 aromatic heterocycles. The summed E-state index contributed by atoms with van der Waals surface area (Å²) in [6, 6.07) is 7.30. The van der Waals surface area contributed by atoms with Crippen LogP contribution in [0.3, 0.4) is 0 Å². The Morgan fingerprint density at radius 3 is 2.31 bits per heavy atom. The first-order chi connectivity index (χ1) is 6.31. The van der Waals surface area contributed by atoms with Crippen LogP contribution in [0.5, 0.6) is 0 Å². The highest BCUT2D eigenvalue weighted by atomic mass is 16.2. The van der Waals surface area contributed by atoms with Crippen molar-refractivity contribution in [1.29, 1.82) is 0 Å². The minimum atomic E-state index is -0.323. The van der Waals surface area contributed by atoms with Gasteiger partial charge in [0.25, 0.3) is 5.91 Å². The van der Waals surface area contributed by atoms with Crippen molar-refractivity contribution in [1.82, 2.24) is 15.0 Å². The molecule has 2 aromatic rings. The van der Waals surface area contributed by atoms with E-state index in [-0.39, 0.29) is 5.91 Å². The molecule has 4 heteroatoms. The molecule has 0 amide bonds. The average Bonchev–Trinajstić information content (AvgIpc) is 2.59. The molecule has 13 heavy (non-hydrogen) atoms. The molecule has 0 fully saturated rings. The van der Waals surface area contributed by atoms with Gasteiger partial charge in [0, 0.05) is 0 Å². The normalized spacial score (nSPS) is 10.2. The maximum absolute atomic E-state index is 11.1. The van der Waals surface area contributed by atoms with E-state index in [2.05, 4.69) is 16.8 Å². The first-order valence-electron chi connectivity index (χ1n) is 3.80. The molecule has 4 nitrogen and oxygen atoms in total. The van der Waals surface area contributed by atoms with E-state index in [1.54, 1.807) is 12.1 Å². The molecule has 1 heterocycles. The summed E-state index contributed by atoms with van der Waals surface area (Å²) < 4.78 is 0. The van der Waals surface area contributed by atoms with Gasteiger partial charge in [0.1, 0.15) is 11.0 Å². The van der Waals surface area contributed by atoms with Crippen molar-refractivity contribution < 1.29 is 4.79 Å². The fraction of sp³-hybridized carbons (Fsp3) is 0. The van der Waals surface area contributed by atoms with Gasteiger partial charge in [-0.1, -0.05) is 18.7 Å². The van der Waals surface area contributed by atoms with Gasteiger partial charge in [-0.15, -0.1) is 15.0 Å². The van der Waals surface area contributed by atoms with Crippen LogP contribution in [-0.4, -0.2) is 20.9 Å². The molecule has 0 aliphatic rings. The van der Waals surface area contributed by atoms with Crippen molar-refractivity contribution in [2.45, 2.75) is 0 Å². The van der Waals surface area contributed by atoms with Crippen LogP contribution in [-0.2, 0) is 0 Å². The Bertz CT molecular complexity index is 439. The Morgan fingerprint density at radius 1 is 1.31 bits per heavy atom. The first kappa shape index (κ1) is 7.67. The molecule has 0 aliphatic carbocycles. The number of benzene rings is 1. The van der Waals surface area contributed by atoms with E-state index in [0.717, 1.165) is 4.80 Å². The highest BCUT2D eigenvalue weighted by Gasteiger charge is 2.04. The first-order valence-corrected chi connectivity index (χ1v) is 3.80. The summed E-state index contributed by atoms with van der Waals surface area (Å²) in [4.78, 5) is 12.1. The molecule has 0 saturated carbocycles. The van der Waals surface area contributed by atoms with Gasteiger partial charge in [-0.25, -0.2) is 0 Å². The second kappa shape index (κ2) is 2.82. The van der Waals surface area contributed by atoms with E-state index in [4.69, 9.17) is 0 Å². The van der Waals surface area contributed by atoms with Crippen molar-refractivity contribution in [2.24, 2.45) is 0 Å². The van der Waals surface area contributed by atoms with Crippen LogP contribution in [0.25, 0.3) is 11.0 Å². The summed E-state index contributed by atoms with van der Waals surface area (Å²) in [6.07, 6.45) is 1.18. The van der Waals surface area contributed by atoms with E-state index < -0.39 is 0 Å². The Morgan fingerprint density at radius 2 is 1.85 bits per heavy atom. The number of allylic oxidation sites excluding steroid dienone is 1. The van der Waals surface area contributed by atoms with Gasteiger partial charge in [-0.05, 0) is 18.2 Å². The van der Waals surface area contributed by atoms with Crippen molar-refractivity contribution in [3.63, 3.8) is 0 Å². The predicted octanol–water partition coefficient (Wildman–Crippen LogP) is 1.26. The van der Waals surface area contributed by atoms with Crippen LogP contribution in [0, 0.1) is 0 Å². The van der Waals surface area contributed by atoms with Crippen molar-refractivity contribution in [3.8, 4) is 0 Å². The molecular weight excluding hydrogens is 166 g/mol. The lowest BCUT2D eigenvalue weighted by Gasteiger charge is -1.86. The maximum Gasteiger partial charge on any atom is 0.287 e. The third kappa shape index (κ3) is 1.22. The molecular formula is C9H7N3O. The summed E-state index contributed by atoms with van der Waals surface area (Å²) in [5.74, 6) is -0.323. The van der Waals surface area contributed by atoms with Crippen LogP contribution in [0.4, 0.5) is 0 Å². The summed E-state index contributed by atoms with van der Waals surface area (Å²) in [7, 11) is 0. The smallest absolute Gasteiger partial charge is 0.266 e. The molecule has 0 saturated heterocycles. The Balaban J connectivity index is 2.62. The minimum Gasteiger partial charge on any atom is -0.266 e. The monoisotopic (exact) mass is 173 g/mol. The molecule has 1 aromatic carbocycles. The van der Waals surface area contributed by atoms with Gasteiger partial charge < -0.3 is 0 Å². The number of carbonyl (C=O) groups excluding carboxylic acids is 1. The summed E-state index contributed by atoms with van der Waals surface area (Å²) >= 11 is 0. The molecule has 2 rings (SSSR count). The van der Waals surface area contributed by atoms with Crippen LogP contribution in [0.2, 0.25) is 0 Å². The standard InChI is InChI=1S/C9H7N3O/c1-2-9(13)12-10-7-5-3-4-6-8(7)11-12/h2-6H,1H2. The van der Waals surface area contributed by atoms with E-state index >= 15 is 0 Å². The fourth-order valence-electron chi connectivity index (χ4n) is 1.04. The van der Waals surface area contributed by atoms with E-state index in [1.165, 1.54) is 6.08 Å². The highest BCUT2D eigenvalue weighted by Crippen LogP contribution is 2.06. The molecule has 0 unspecified atom stereocenters. The van der Waals surface area contributed by atoms with Crippen molar-refractivity contribution >= 4 is 16.9 Å². The number of hydrogen-bond donors (Lipinski definition) is 0. The number of hydrogen-bond acceptors (Lipinski definition) is 3. The molecule has 0 atom stereocenters. The number of rotatable bonds is 1. The Kier molecular flexibility index (Phi) is 1.66. The Labute approximate surface area is 74.5 Å². The zero-order valence-electron chi connectivity index (χ0n) is 6.84. The van der Waals surface area contributed by atoms with Gasteiger partial charge >= 0.3 is 0 Å². The largest absolute Gasteiger partial charge is 0.287 e. The molecule has 64 valence electrons. The predicted molar refractivity (Wildman–Crippen MR) is 48.4 cm³/mol. The zero-order valence-corrected chi connectivity index (χ0v) is 6.84. The second-order valence-corrected chi connectivity index (χ2v) is 2.52. The quantitative estimate of drug-likeness (QED) is 0.610. The third-order valence-corrected chi connectivity index (χ3v) is 1.66. The van der Waals surface area contributed by atoms with Crippen LogP contribution >= 0.6 is 0 Å². The third-order valence-electron chi connectivity index (χ3n) is 1.66. The maximum atomic E-state index is 11.1. The van der Waals surface area contributed by atoms with Gasteiger partial charge in [0.15, 0.2) is 0 Å². The van der Waals surface area contributed by atoms with Crippen LogP contribution in [0.15, 0.2) is 36.9 Å². The highest BCUT2D eigenvalue weighted by molar-refractivity contribution is 5.89. The number of aromatic nitrogens is 3. The van der Waals surface area contributed by atoms with Gasteiger partial charge in [-0.2, -0.15) is 0 Å². The summed E-state index contributed by atoms with van der Waals surface area (Å²) in [5, 5.41) is 7.94.